The first-order valence-corrected chi connectivity index (χ1v) is 11.4. The molecule has 0 aromatic rings. The number of nitrogens with one attached hydrogen (secondary N) is 1. The Kier molecular flexibility index (Phi) is 3.13. The lowest BCUT2D eigenvalue weighted by Crippen LogP contribution is -2.74. The van der Waals surface area contributed by atoms with Gasteiger partial charge < -0.3 is 15.0 Å². The first-order valence-electron chi connectivity index (χ1n) is 6.38. The van der Waals surface area contributed by atoms with Crippen molar-refractivity contribution in [2.24, 2.45) is 0 Å². The number of hydrogen-bond donors (Lipinski definition) is 2. The molecule has 0 bridgehead atoms. The number of carbonyl (C=O) groups excluding carboxylic acids is 1. The highest BCUT2D eigenvalue weighted by molar-refractivity contribution is 7.94. The van der Waals surface area contributed by atoms with Crippen LogP contribution in [0.5, 0.6) is 0 Å². The molecular formula is C11H20N2O5SSi. The van der Waals surface area contributed by atoms with Crippen molar-refractivity contribution in [1.82, 2.24) is 9.88 Å². The van der Waals surface area contributed by atoms with Crippen molar-refractivity contribution in [3.05, 3.63) is 0 Å². The van der Waals surface area contributed by atoms with Crippen molar-refractivity contribution in [1.29, 1.82) is 0 Å². The van der Waals surface area contributed by atoms with Gasteiger partial charge in [-0.2, -0.15) is 0 Å². The average molecular weight is 320 g/mol. The van der Waals surface area contributed by atoms with E-state index in [2.05, 4.69) is 4.98 Å². The van der Waals surface area contributed by atoms with Gasteiger partial charge in [-0.25, -0.2) is 13.2 Å². The minimum atomic E-state index is -3.73. The van der Waals surface area contributed by atoms with E-state index in [0.717, 1.165) is 4.90 Å². The summed E-state index contributed by atoms with van der Waals surface area (Å²) < 4.78 is 23.6. The van der Waals surface area contributed by atoms with E-state index in [0.29, 0.717) is 0 Å². The van der Waals surface area contributed by atoms with Crippen LogP contribution in [0.15, 0.2) is 0 Å². The second kappa shape index (κ2) is 4.05. The monoisotopic (exact) mass is 320 g/mol. The summed E-state index contributed by atoms with van der Waals surface area (Å²) >= 11 is 0. The number of fused-ring (bicyclic) bond motifs is 1. The van der Waals surface area contributed by atoms with E-state index in [1.807, 2.05) is 19.6 Å². The highest BCUT2D eigenvalue weighted by atomic mass is 32.2. The molecule has 7 nitrogen and oxygen atoms in total. The Morgan fingerprint density at radius 1 is 1.35 bits per heavy atom. The van der Waals surface area contributed by atoms with E-state index in [9.17, 15) is 23.1 Å². The molecule has 0 spiro atoms. The molecule has 1 amide bonds. The van der Waals surface area contributed by atoms with E-state index >= 15 is 0 Å². The molecule has 2 rings (SSSR count). The third kappa shape index (κ3) is 1.83. The summed E-state index contributed by atoms with van der Waals surface area (Å²) in [5.74, 6) is -1.71. The van der Waals surface area contributed by atoms with E-state index < -0.39 is 52.2 Å². The van der Waals surface area contributed by atoms with Gasteiger partial charge in [0.05, 0.1) is 0 Å². The van der Waals surface area contributed by atoms with Crippen LogP contribution >= 0.6 is 0 Å². The molecule has 2 saturated heterocycles. The Morgan fingerprint density at radius 3 is 2.25 bits per heavy atom. The molecule has 2 aliphatic rings. The van der Waals surface area contributed by atoms with Gasteiger partial charge in [-0.15, -0.1) is 0 Å². The second-order valence-electron chi connectivity index (χ2n) is 6.90. The quantitative estimate of drug-likeness (QED) is 0.542. The van der Waals surface area contributed by atoms with Crippen molar-refractivity contribution in [3.63, 3.8) is 0 Å². The second-order valence-corrected chi connectivity index (χ2v) is 14.3. The molecular weight excluding hydrogens is 300 g/mol. The van der Waals surface area contributed by atoms with Gasteiger partial charge in [0.15, 0.2) is 15.2 Å². The molecule has 0 saturated carbocycles. The van der Waals surface area contributed by atoms with E-state index in [4.69, 9.17) is 0 Å². The Bertz CT molecular complexity index is 580. The first-order chi connectivity index (χ1) is 8.82. The summed E-state index contributed by atoms with van der Waals surface area (Å²) in [6, 6.07) is -2.13. The van der Waals surface area contributed by atoms with Crippen LogP contribution in [0.2, 0.25) is 19.6 Å². The Morgan fingerprint density at radius 2 is 1.85 bits per heavy atom. The van der Waals surface area contributed by atoms with E-state index in [1.54, 1.807) is 0 Å². The zero-order valence-corrected chi connectivity index (χ0v) is 14.0. The number of aliphatic carboxylic acids is 1. The van der Waals surface area contributed by atoms with Crippen molar-refractivity contribution in [3.8, 4) is 0 Å². The SMILES string of the molecule is CC1(C)[C@H](C(=O)O)N2C(=O)[C@@H](N[Si](C)(C)C)[C@H]2S1(=O)=O. The van der Waals surface area contributed by atoms with E-state index in [-0.39, 0.29) is 0 Å². The van der Waals surface area contributed by atoms with Crippen molar-refractivity contribution < 1.29 is 23.1 Å². The normalized spacial score (nSPS) is 34.5. The van der Waals surface area contributed by atoms with Crippen LogP contribution in [0, 0.1) is 0 Å². The fraction of sp³-hybridized carbons (Fsp3) is 0.818. The number of nitrogens with zero attached hydrogens (tertiary/aromatic N) is 1. The maximum Gasteiger partial charge on any atom is 0.328 e. The maximum absolute atomic E-state index is 12.6. The molecule has 2 fully saturated rings. The number of rotatable bonds is 3. The molecule has 114 valence electrons. The number of sulfone groups is 1. The van der Waals surface area contributed by atoms with Gasteiger partial charge in [-0.05, 0) is 13.8 Å². The Labute approximate surface area is 119 Å². The summed E-state index contributed by atoms with van der Waals surface area (Å²) in [7, 11) is -5.59. The van der Waals surface area contributed by atoms with Crippen LogP contribution in [-0.4, -0.2) is 60.7 Å². The number of carboxylic acids is 1. The van der Waals surface area contributed by atoms with Gasteiger partial charge in [0.1, 0.15) is 25.1 Å². The lowest BCUT2D eigenvalue weighted by atomic mass is 9.96. The van der Waals surface area contributed by atoms with Gasteiger partial charge in [0, 0.05) is 0 Å². The minimum Gasteiger partial charge on any atom is -0.480 e. The van der Waals surface area contributed by atoms with Gasteiger partial charge >= 0.3 is 5.97 Å². The number of carboxylic acid groups (broad SMARTS) is 1. The van der Waals surface area contributed by atoms with Crippen LogP contribution in [-0.2, 0) is 19.4 Å². The topological polar surface area (TPSA) is 104 Å². The van der Waals surface area contributed by atoms with Gasteiger partial charge in [0.25, 0.3) is 0 Å². The average Bonchev–Trinajstić information content (AvgIpc) is 2.37. The summed E-state index contributed by atoms with van der Waals surface area (Å²) in [5.41, 5.74) is 0. The molecule has 0 radical (unpaired) electrons. The predicted octanol–water partition coefficient (Wildman–Crippen LogP) is -0.392. The highest BCUT2D eigenvalue weighted by Gasteiger charge is 2.72. The largest absolute Gasteiger partial charge is 0.480 e. The standard InChI is InChI=1S/C11H20N2O5SSi/c1-11(2)7(10(15)16)13-8(14)6(12-20(3,4)5)9(13)19(11,17)18/h6-7,9,12H,1-5H3,(H,15,16)/t6-,7+,9-/m1/s1. The van der Waals surface area contributed by atoms with Crippen molar-refractivity contribution in [2.45, 2.75) is 55.7 Å². The molecule has 0 unspecified atom stereocenters. The predicted molar refractivity (Wildman–Crippen MR) is 75.3 cm³/mol. The van der Waals surface area contributed by atoms with Crippen LogP contribution in [0.4, 0.5) is 0 Å². The summed E-state index contributed by atoms with van der Waals surface area (Å²) in [4.78, 5) is 27.6. The van der Waals surface area contributed by atoms with Crippen LogP contribution in [0.3, 0.4) is 0 Å². The lowest BCUT2D eigenvalue weighted by Gasteiger charge is -2.45. The number of carbonyl (C=O) groups is 2. The molecule has 0 aliphatic carbocycles. The molecule has 20 heavy (non-hydrogen) atoms. The first kappa shape index (κ1) is 15.5. The van der Waals surface area contributed by atoms with Gasteiger partial charge in [0.2, 0.25) is 5.91 Å². The summed E-state index contributed by atoms with van der Waals surface area (Å²) in [6.45, 7) is 8.63. The van der Waals surface area contributed by atoms with E-state index in [1.165, 1.54) is 13.8 Å². The smallest absolute Gasteiger partial charge is 0.328 e. The van der Waals surface area contributed by atoms with Crippen molar-refractivity contribution in [2.75, 3.05) is 0 Å². The summed E-state index contributed by atoms with van der Waals surface area (Å²) in [5, 5.41) is 8.21. The maximum atomic E-state index is 12.6. The number of hydrogen-bond acceptors (Lipinski definition) is 5. The van der Waals surface area contributed by atoms with Crippen LogP contribution in [0.1, 0.15) is 13.8 Å². The van der Waals surface area contributed by atoms with Gasteiger partial charge in [-0.3, -0.25) is 4.79 Å². The highest BCUT2D eigenvalue weighted by Crippen LogP contribution is 2.46. The third-order valence-electron chi connectivity index (χ3n) is 3.89. The molecule has 0 aromatic carbocycles. The van der Waals surface area contributed by atoms with Crippen LogP contribution < -0.4 is 4.98 Å². The molecule has 2 heterocycles. The fourth-order valence-corrected chi connectivity index (χ4v) is 6.46. The Hall–Kier alpha value is -0.933. The number of amides is 1. The minimum absolute atomic E-state index is 0.432. The number of β-lactam (4-membered cyclic amide) rings is 1. The molecule has 0 aromatic heterocycles. The Balaban J connectivity index is 2.45. The third-order valence-corrected chi connectivity index (χ3v) is 7.89. The zero-order valence-electron chi connectivity index (χ0n) is 12.2. The molecule has 9 heteroatoms. The van der Waals surface area contributed by atoms with Crippen molar-refractivity contribution >= 4 is 29.9 Å². The molecule has 2 aliphatic heterocycles. The zero-order chi connectivity index (χ0) is 15.7. The van der Waals surface area contributed by atoms with Gasteiger partial charge in [-0.1, -0.05) is 19.6 Å². The molecule has 2 N–H and O–H groups in total. The lowest BCUT2D eigenvalue weighted by molar-refractivity contribution is -0.159. The summed E-state index contributed by atoms with van der Waals surface area (Å²) in [6.07, 6.45) is 0. The molecule has 3 atom stereocenters. The fourth-order valence-electron chi connectivity index (χ4n) is 2.91. The van der Waals surface area contributed by atoms with Crippen LogP contribution in [0.25, 0.3) is 0 Å².